The fourth-order valence-corrected chi connectivity index (χ4v) is 5.54. The van der Waals surface area contributed by atoms with Gasteiger partial charge in [-0.05, 0) is 12.8 Å². The van der Waals surface area contributed by atoms with Gasteiger partial charge in [0.15, 0.2) is 0 Å². The third kappa shape index (κ3) is 1.86. The molecule has 0 saturated heterocycles. The van der Waals surface area contributed by atoms with E-state index in [0.717, 1.165) is 20.2 Å². The molecule has 0 atom stereocenters. The molecule has 0 spiro atoms. The molecule has 16 heavy (non-hydrogen) atoms. The largest absolute Gasteiger partial charge is 0.192 e. The standard InChI is InChI=1S/C12H13N2PS/c1-12(5-3-2-4-6-12)11-9(7-13)10(8-14)15-16-11/h2-6H2,1H3. The Balaban J connectivity index is 2.44. The van der Waals surface area contributed by atoms with E-state index >= 15 is 0 Å². The summed E-state index contributed by atoms with van der Waals surface area (Å²) in [5.74, 6) is 0. The molecule has 0 N–H and O–H groups in total. The SMILES string of the molecule is CC1(c2spc(C#N)c2C#N)CCCCC1. The summed E-state index contributed by atoms with van der Waals surface area (Å²) in [7, 11) is 2.63. The van der Waals surface area contributed by atoms with Gasteiger partial charge in [-0.15, -0.1) is 10.9 Å². The van der Waals surface area contributed by atoms with Crippen LogP contribution in [0.1, 0.15) is 54.8 Å². The summed E-state index contributed by atoms with van der Waals surface area (Å²) in [6.45, 7) is 2.25. The summed E-state index contributed by atoms with van der Waals surface area (Å²) in [4.78, 5) is 1.17. The minimum Gasteiger partial charge on any atom is -0.192 e. The first-order valence-electron chi connectivity index (χ1n) is 5.51. The van der Waals surface area contributed by atoms with Crippen LogP contribution < -0.4 is 0 Å². The summed E-state index contributed by atoms with van der Waals surface area (Å²) in [5.41, 5.74) is 0.818. The maximum atomic E-state index is 9.19. The van der Waals surface area contributed by atoms with Gasteiger partial charge in [0.1, 0.15) is 17.4 Å². The van der Waals surface area contributed by atoms with Crippen LogP contribution in [-0.2, 0) is 5.41 Å². The fourth-order valence-electron chi connectivity index (χ4n) is 2.44. The third-order valence-electron chi connectivity index (χ3n) is 3.42. The van der Waals surface area contributed by atoms with Gasteiger partial charge in [-0.2, -0.15) is 10.5 Å². The third-order valence-corrected chi connectivity index (χ3v) is 6.26. The highest BCUT2D eigenvalue weighted by Crippen LogP contribution is 2.46. The quantitative estimate of drug-likeness (QED) is 0.744. The Bertz CT molecular complexity index is 472. The van der Waals surface area contributed by atoms with Gasteiger partial charge in [0, 0.05) is 17.7 Å². The summed E-state index contributed by atoms with van der Waals surface area (Å²) in [6, 6.07) is 4.38. The van der Waals surface area contributed by atoms with Crippen molar-refractivity contribution in [1.82, 2.24) is 0 Å². The van der Waals surface area contributed by atoms with Crippen molar-refractivity contribution in [3.8, 4) is 12.1 Å². The van der Waals surface area contributed by atoms with Gasteiger partial charge in [0.2, 0.25) is 0 Å². The Morgan fingerprint density at radius 3 is 2.44 bits per heavy atom. The van der Waals surface area contributed by atoms with Crippen molar-refractivity contribution in [3.63, 3.8) is 0 Å². The van der Waals surface area contributed by atoms with Gasteiger partial charge in [-0.25, -0.2) is 0 Å². The Morgan fingerprint density at radius 2 is 1.88 bits per heavy atom. The lowest BCUT2D eigenvalue weighted by atomic mass is 9.73. The molecule has 0 bridgehead atoms. The molecule has 1 aromatic rings. The molecule has 2 nitrogen and oxygen atoms in total. The molecule has 1 aliphatic rings. The van der Waals surface area contributed by atoms with Crippen LogP contribution in [0.15, 0.2) is 0 Å². The minimum atomic E-state index is 0.152. The monoisotopic (exact) mass is 248 g/mol. The molecule has 0 aliphatic heterocycles. The van der Waals surface area contributed by atoms with Gasteiger partial charge >= 0.3 is 0 Å². The first-order chi connectivity index (χ1) is 7.71. The average molecular weight is 248 g/mol. The van der Waals surface area contributed by atoms with E-state index in [0.29, 0.717) is 10.9 Å². The molecule has 0 radical (unpaired) electrons. The van der Waals surface area contributed by atoms with Crippen molar-refractivity contribution in [1.29, 1.82) is 10.5 Å². The van der Waals surface area contributed by atoms with Gasteiger partial charge in [-0.3, -0.25) is 0 Å². The second kappa shape index (κ2) is 4.54. The molecule has 0 aromatic carbocycles. The zero-order chi connectivity index (χ0) is 11.6. The molecular formula is C12H13N2PS. The maximum absolute atomic E-state index is 9.19. The summed E-state index contributed by atoms with van der Waals surface area (Å²) < 4.78 is 0. The fraction of sp³-hybridized carbons (Fsp3) is 0.583. The van der Waals surface area contributed by atoms with Crippen LogP contribution in [0, 0.1) is 22.7 Å². The maximum Gasteiger partial charge on any atom is 0.108 e. The smallest absolute Gasteiger partial charge is 0.108 e. The van der Waals surface area contributed by atoms with Crippen LogP contribution >= 0.6 is 18.3 Å². The van der Waals surface area contributed by atoms with E-state index in [1.54, 1.807) is 10.9 Å². The van der Waals surface area contributed by atoms with Crippen LogP contribution in [-0.4, -0.2) is 0 Å². The predicted octanol–water partition coefficient (Wildman–Crippen LogP) is 4.29. The van der Waals surface area contributed by atoms with Gasteiger partial charge in [0.25, 0.3) is 0 Å². The molecule has 4 heteroatoms. The number of nitrogens with zero attached hydrogens (tertiary/aromatic N) is 2. The van der Waals surface area contributed by atoms with Crippen LogP contribution in [0.4, 0.5) is 0 Å². The van der Waals surface area contributed by atoms with Crippen LogP contribution in [0.5, 0.6) is 0 Å². The molecule has 1 aliphatic carbocycles. The molecule has 1 fully saturated rings. The highest BCUT2D eigenvalue weighted by molar-refractivity contribution is 7.81. The van der Waals surface area contributed by atoms with Crippen molar-refractivity contribution >= 4 is 18.3 Å². The Labute approximate surface area is 101 Å². The normalized spacial score (nSPS) is 19.2. The first-order valence-corrected chi connectivity index (χ1v) is 7.83. The lowest BCUT2D eigenvalue weighted by Crippen LogP contribution is -2.24. The minimum absolute atomic E-state index is 0.152. The Hall–Kier alpha value is -0.890. The van der Waals surface area contributed by atoms with Crippen LogP contribution in [0.25, 0.3) is 0 Å². The van der Waals surface area contributed by atoms with Crippen molar-refractivity contribution < 1.29 is 0 Å². The zero-order valence-corrected chi connectivity index (χ0v) is 11.0. The Kier molecular flexibility index (Phi) is 3.29. The summed E-state index contributed by atoms with van der Waals surface area (Å²) in [5, 5.41) is 18.8. The van der Waals surface area contributed by atoms with Gasteiger partial charge in [-0.1, -0.05) is 26.2 Å². The van der Waals surface area contributed by atoms with Crippen LogP contribution in [0.3, 0.4) is 0 Å². The second-order valence-electron chi connectivity index (χ2n) is 4.58. The van der Waals surface area contributed by atoms with E-state index in [9.17, 15) is 5.26 Å². The molecule has 1 heterocycles. The lowest BCUT2D eigenvalue weighted by molar-refractivity contribution is 0.324. The lowest BCUT2D eigenvalue weighted by Gasteiger charge is -2.32. The van der Waals surface area contributed by atoms with Crippen molar-refractivity contribution in [3.05, 3.63) is 15.7 Å². The molecule has 82 valence electrons. The van der Waals surface area contributed by atoms with E-state index in [4.69, 9.17) is 5.26 Å². The van der Waals surface area contributed by atoms with Crippen LogP contribution in [0.2, 0.25) is 0 Å². The van der Waals surface area contributed by atoms with Gasteiger partial charge in [0.05, 0.1) is 5.56 Å². The van der Waals surface area contributed by atoms with Crippen molar-refractivity contribution in [2.45, 2.75) is 44.4 Å². The predicted molar refractivity (Wildman–Crippen MR) is 66.7 cm³/mol. The molecule has 0 unspecified atom stereocenters. The van der Waals surface area contributed by atoms with E-state index in [1.165, 1.54) is 24.1 Å². The van der Waals surface area contributed by atoms with E-state index in [-0.39, 0.29) is 5.41 Å². The van der Waals surface area contributed by atoms with E-state index in [2.05, 4.69) is 19.1 Å². The van der Waals surface area contributed by atoms with Gasteiger partial charge < -0.3 is 0 Å². The zero-order valence-electron chi connectivity index (χ0n) is 9.29. The topological polar surface area (TPSA) is 47.6 Å². The van der Waals surface area contributed by atoms with Crippen molar-refractivity contribution in [2.75, 3.05) is 0 Å². The highest BCUT2D eigenvalue weighted by atomic mass is 32.5. The number of rotatable bonds is 1. The van der Waals surface area contributed by atoms with E-state index < -0.39 is 0 Å². The molecule has 1 saturated carbocycles. The Morgan fingerprint density at radius 1 is 1.19 bits per heavy atom. The number of hydrogen-bond donors (Lipinski definition) is 0. The van der Waals surface area contributed by atoms with E-state index in [1.807, 2.05) is 0 Å². The molecule has 2 rings (SSSR count). The highest BCUT2D eigenvalue weighted by Gasteiger charge is 2.33. The average Bonchev–Trinajstić information content (AvgIpc) is 2.73. The van der Waals surface area contributed by atoms with Crippen molar-refractivity contribution in [2.24, 2.45) is 0 Å². The number of nitriles is 2. The summed E-state index contributed by atoms with van der Waals surface area (Å²) in [6.07, 6.45) is 6.13. The molecular weight excluding hydrogens is 235 g/mol. The summed E-state index contributed by atoms with van der Waals surface area (Å²) >= 11 is 0. The number of hydrogen-bond acceptors (Lipinski definition) is 3. The molecule has 0 amide bonds. The first kappa shape index (κ1) is 11.6. The molecule has 1 aromatic heterocycles. The second-order valence-corrected chi connectivity index (χ2v) is 6.90.